The smallest absolute Gasteiger partial charge is 0.317 e. The van der Waals surface area contributed by atoms with Crippen molar-refractivity contribution < 1.29 is 9.59 Å². The number of carbonyl (C=O) groups excluding carboxylic acids is 2. The van der Waals surface area contributed by atoms with Gasteiger partial charge in [-0.3, -0.25) is 4.79 Å². The molecule has 1 saturated heterocycles. The molecule has 124 valence electrons. The van der Waals surface area contributed by atoms with Gasteiger partial charge in [0.2, 0.25) is 5.91 Å². The summed E-state index contributed by atoms with van der Waals surface area (Å²) < 4.78 is 0. The number of amides is 3. The van der Waals surface area contributed by atoms with Gasteiger partial charge in [-0.05, 0) is 30.5 Å². The Balaban J connectivity index is 1.62. The van der Waals surface area contributed by atoms with Crippen LogP contribution in [0.5, 0.6) is 0 Å². The molecule has 2 aliphatic rings. The molecule has 2 N–H and O–H groups in total. The van der Waals surface area contributed by atoms with Crippen molar-refractivity contribution in [3.8, 4) is 0 Å². The fourth-order valence-electron chi connectivity index (χ4n) is 3.46. The van der Waals surface area contributed by atoms with Crippen LogP contribution in [0.25, 0.3) is 0 Å². The third kappa shape index (κ3) is 3.96. The van der Waals surface area contributed by atoms with Gasteiger partial charge in [-0.1, -0.05) is 30.2 Å². The molecule has 1 aliphatic heterocycles. The number of halogens is 1. The Kier molecular flexibility index (Phi) is 5.06. The molecule has 0 spiro atoms. The maximum absolute atomic E-state index is 12.5. The maximum Gasteiger partial charge on any atom is 0.317 e. The van der Waals surface area contributed by atoms with E-state index in [1.807, 2.05) is 24.3 Å². The second-order valence-electron chi connectivity index (χ2n) is 6.23. The predicted molar refractivity (Wildman–Crippen MR) is 89.6 cm³/mol. The van der Waals surface area contributed by atoms with Crippen molar-refractivity contribution in [1.29, 1.82) is 0 Å². The van der Waals surface area contributed by atoms with Gasteiger partial charge in [0.05, 0.1) is 0 Å². The zero-order chi connectivity index (χ0) is 16.2. The van der Waals surface area contributed by atoms with Crippen molar-refractivity contribution in [2.75, 3.05) is 19.6 Å². The van der Waals surface area contributed by atoms with E-state index in [0.717, 1.165) is 24.3 Å². The van der Waals surface area contributed by atoms with E-state index in [4.69, 9.17) is 11.6 Å². The number of rotatable bonds is 2. The molecule has 1 saturated carbocycles. The number of benzene rings is 1. The van der Waals surface area contributed by atoms with E-state index in [1.165, 1.54) is 5.56 Å². The predicted octanol–water partition coefficient (Wildman–Crippen LogP) is 2.51. The van der Waals surface area contributed by atoms with Gasteiger partial charge in [0.25, 0.3) is 0 Å². The molecule has 1 aromatic carbocycles. The molecule has 0 unspecified atom stereocenters. The molecule has 2 fully saturated rings. The molecule has 0 bridgehead atoms. The Labute approximate surface area is 141 Å². The average molecular weight is 336 g/mol. The van der Waals surface area contributed by atoms with E-state index in [1.54, 1.807) is 4.90 Å². The zero-order valence-electron chi connectivity index (χ0n) is 13.1. The molecule has 1 aromatic rings. The minimum Gasteiger partial charge on any atom is -0.354 e. The highest BCUT2D eigenvalue weighted by molar-refractivity contribution is 6.30. The fraction of sp³-hybridized carbons (Fsp3) is 0.529. The number of nitrogens with zero attached hydrogens (tertiary/aromatic N) is 1. The van der Waals surface area contributed by atoms with E-state index >= 15 is 0 Å². The van der Waals surface area contributed by atoms with Gasteiger partial charge in [-0.2, -0.15) is 0 Å². The first-order chi connectivity index (χ1) is 11.1. The van der Waals surface area contributed by atoms with E-state index in [0.29, 0.717) is 32.0 Å². The minimum absolute atomic E-state index is 0.0141. The summed E-state index contributed by atoms with van der Waals surface area (Å²) in [7, 11) is 0. The summed E-state index contributed by atoms with van der Waals surface area (Å²) >= 11 is 5.96. The molecule has 0 aromatic heterocycles. The Morgan fingerprint density at radius 3 is 2.78 bits per heavy atom. The highest BCUT2D eigenvalue weighted by Gasteiger charge is 2.31. The van der Waals surface area contributed by atoms with Gasteiger partial charge in [0, 0.05) is 43.0 Å². The summed E-state index contributed by atoms with van der Waals surface area (Å²) in [5, 5.41) is 6.69. The molecule has 3 rings (SSSR count). The SMILES string of the molecule is O=C1CCN(C(=O)N[C@H]2CCC[C@H]2c2ccc(Cl)cc2)CCN1. The van der Waals surface area contributed by atoms with Crippen LogP contribution in [-0.4, -0.2) is 42.5 Å². The summed E-state index contributed by atoms with van der Waals surface area (Å²) in [4.78, 5) is 25.6. The number of urea groups is 1. The number of hydrogen-bond donors (Lipinski definition) is 2. The normalized spacial score (nSPS) is 24.9. The molecule has 1 aliphatic carbocycles. The third-order valence-corrected chi connectivity index (χ3v) is 4.97. The van der Waals surface area contributed by atoms with Crippen LogP contribution >= 0.6 is 11.6 Å². The van der Waals surface area contributed by atoms with Crippen molar-refractivity contribution >= 4 is 23.5 Å². The van der Waals surface area contributed by atoms with E-state index in [-0.39, 0.29) is 18.0 Å². The number of hydrogen-bond acceptors (Lipinski definition) is 2. The highest BCUT2D eigenvalue weighted by atomic mass is 35.5. The van der Waals surface area contributed by atoms with Gasteiger partial charge >= 0.3 is 6.03 Å². The summed E-state index contributed by atoms with van der Waals surface area (Å²) in [6, 6.07) is 7.99. The molecule has 0 radical (unpaired) electrons. The van der Waals surface area contributed by atoms with E-state index in [2.05, 4.69) is 10.6 Å². The second kappa shape index (κ2) is 7.21. The summed E-state index contributed by atoms with van der Waals surface area (Å²) in [5.74, 6) is 0.350. The first-order valence-corrected chi connectivity index (χ1v) is 8.59. The summed E-state index contributed by atoms with van der Waals surface area (Å²) in [5.41, 5.74) is 1.23. The second-order valence-corrected chi connectivity index (χ2v) is 6.67. The Hall–Kier alpha value is -1.75. The Morgan fingerprint density at radius 1 is 1.22 bits per heavy atom. The lowest BCUT2D eigenvalue weighted by Gasteiger charge is -2.26. The first kappa shape index (κ1) is 16.1. The van der Waals surface area contributed by atoms with Crippen LogP contribution in [-0.2, 0) is 4.79 Å². The Morgan fingerprint density at radius 2 is 2.00 bits per heavy atom. The number of nitrogens with one attached hydrogen (secondary N) is 2. The van der Waals surface area contributed by atoms with Crippen molar-refractivity contribution in [2.24, 2.45) is 0 Å². The highest BCUT2D eigenvalue weighted by Crippen LogP contribution is 2.35. The van der Waals surface area contributed by atoms with Gasteiger partial charge in [0.1, 0.15) is 0 Å². The quantitative estimate of drug-likeness (QED) is 0.872. The summed E-state index contributed by atoms with van der Waals surface area (Å²) in [6.45, 7) is 1.57. The molecule has 5 nitrogen and oxygen atoms in total. The maximum atomic E-state index is 12.5. The molecule has 3 amide bonds. The van der Waals surface area contributed by atoms with Crippen LogP contribution in [0.1, 0.15) is 37.2 Å². The van der Waals surface area contributed by atoms with Crippen LogP contribution in [0.4, 0.5) is 4.79 Å². The van der Waals surface area contributed by atoms with Crippen LogP contribution in [0.3, 0.4) is 0 Å². The Bertz CT molecular complexity index is 576. The molecule has 1 heterocycles. The molecule has 6 heteroatoms. The largest absolute Gasteiger partial charge is 0.354 e. The lowest BCUT2D eigenvalue weighted by Crippen LogP contribution is -2.46. The van der Waals surface area contributed by atoms with Crippen molar-refractivity contribution in [3.63, 3.8) is 0 Å². The minimum atomic E-state index is -0.0626. The van der Waals surface area contributed by atoms with Crippen LogP contribution < -0.4 is 10.6 Å². The van der Waals surface area contributed by atoms with Crippen molar-refractivity contribution in [1.82, 2.24) is 15.5 Å². The van der Waals surface area contributed by atoms with Crippen LogP contribution in [0.2, 0.25) is 5.02 Å². The third-order valence-electron chi connectivity index (χ3n) is 4.72. The van der Waals surface area contributed by atoms with E-state index < -0.39 is 0 Å². The van der Waals surface area contributed by atoms with Crippen LogP contribution in [0, 0.1) is 0 Å². The lowest BCUT2D eigenvalue weighted by atomic mass is 9.94. The van der Waals surface area contributed by atoms with Crippen molar-refractivity contribution in [3.05, 3.63) is 34.9 Å². The van der Waals surface area contributed by atoms with Gasteiger partial charge in [-0.15, -0.1) is 0 Å². The van der Waals surface area contributed by atoms with E-state index in [9.17, 15) is 9.59 Å². The number of carbonyl (C=O) groups is 2. The van der Waals surface area contributed by atoms with Gasteiger partial charge in [-0.25, -0.2) is 4.79 Å². The molecule has 2 atom stereocenters. The average Bonchev–Trinajstić information content (AvgIpc) is 2.88. The fourth-order valence-corrected chi connectivity index (χ4v) is 3.59. The van der Waals surface area contributed by atoms with Crippen molar-refractivity contribution in [2.45, 2.75) is 37.6 Å². The monoisotopic (exact) mass is 335 g/mol. The molecular weight excluding hydrogens is 314 g/mol. The summed E-state index contributed by atoms with van der Waals surface area (Å²) in [6.07, 6.45) is 3.55. The van der Waals surface area contributed by atoms with Gasteiger partial charge in [0.15, 0.2) is 0 Å². The molecular formula is C17H22ClN3O2. The van der Waals surface area contributed by atoms with Crippen LogP contribution in [0.15, 0.2) is 24.3 Å². The topological polar surface area (TPSA) is 61.4 Å². The first-order valence-electron chi connectivity index (χ1n) is 8.21. The zero-order valence-corrected chi connectivity index (χ0v) is 13.8. The lowest BCUT2D eigenvalue weighted by molar-refractivity contribution is -0.120. The van der Waals surface area contributed by atoms with Gasteiger partial charge < -0.3 is 15.5 Å². The molecule has 23 heavy (non-hydrogen) atoms. The standard InChI is InChI=1S/C17H22ClN3O2/c18-13-6-4-12(5-7-13)14-2-1-3-15(14)20-17(23)21-10-8-16(22)19-9-11-21/h4-7,14-15H,1-3,8-11H2,(H,19,22)(H,20,23)/t14-,15-/m0/s1.